The van der Waals surface area contributed by atoms with Crippen LogP contribution in [0.2, 0.25) is 0 Å². The van der Waals surface area contributed by atoms with Crippen molar-refractivity contribution in [2.45, 2.75) is 20.0 Å². The first-order chi connectivity index (χ1) is 19.4. The molecule has 11 heteroatoms. The molecule has 0 atom stereocenters. The highest BCUT2D eigenvalue weighted by Crippen LogP contribution is 2.26. The lowest BCUT2D eigenvalue weighted by molar-refractivity contribution is 0.233. The maximum absolute atomic E-state index is 15.1. The average Bonchev–Trinajstić information content (AvgIpc) is 3.37. The van der Waals surface area contributed by atoms with Crippen LogP contribution in [0.3, 0.4) is 0 Å². The Morgan fingerprint density at radius 3 is 2.45 bits per heavy atom. The Morgan fingerprint density at radius 1 is 0.975 bits per heavy atom. The van der Waals surface area contributed by atoms with Crippen molar-refractivity contribution in [3.05, 3.63) is 77.1 Å². The van der Waals surface area contributed by atoms with Gasteiger partial charge in [0.05, 0.1) is 5.69 Å². The summed E-state index contributed by atoms with van der Waals surface area (Å²) >= 11 is 0. The van der Waals surface area contributed by atoms with Gasteiger partial charge in [-0.15, -0.1) is 0 Å². The summed E-state index contributed by atoms with van der Waals surface area (Å²) in [7, 11) is -0.840. The summed E-state index contributed by atoms with van der Waals surface area (Å²) in [6, 6.07) is 10.8. The van der Waals surface area contributed by atoms with Crippen LogP contribution in [0.1, 0.15) is 16.7 Å². The summed E-state index contributed by atoms with van der Waals surface area (Å²) in [5.41, 5.74) is 4.30. The second kappa shape index (κ2) is 11.7. The van der Waals surface area contributed by atoms with Gasteiger partial charge in [0.2, 0.25) is 5.95 Å². The molecule has 2 aliphatic heterocycles. The zero-order valence-corrected chi connectivity index (χ0v) is 23.3. The highest BCUT2D eigenvalue weighted by molar-refractivity contribution is 7.85. The molecule has 210 valence electrons. The Morgan fingerprint density at radius 2 is 1.70 bits per heavy atom. The van der Waals surface area contributed by atoms with Gasteiger partial charge in [0.15, 0.2) is 0 Å². The summed E-state index contributed by atoms with van der Waals surface area (Å²) in [5, 5.41) is 7.46. The number of hydrogen-bond donors (Lipinski definition) is 2. The van der Waals surface area contributed by atoms with E-state index in [4.69, 9.17) is 4.98 Å². The third-order valence-corrected chi connectivity index (χ3v) is 8.97. The standard InChI is InChI=1S/C29H33F2N7OS/c1-20-2-3-23(14-22(20)18-36-8-5-32-6-9-36)34-29-33-17-21-4-7-38(28(21)35-29)24-15-26(30)25(27(31)16-24)19-37-10-12-40(39)13-11-37/h2-4,7,14-17,32H,5-6,8-13,18-19H2,1H3,(H,33,34,35). The number of fused-ring (bicyclic) bond motifs is 1. The molecule has 40 heavy (non-hydrogen) atoms. The fourth-order valence-electron chi connectivity index (χ4n) is 5.28. The largest absolute Gasteiger partial charge is 0.324 e. The van der Waals surface area contributed by atoms with Crippen molar-refractivity contribution >= 4 is 33.5 Å². The van der Waals surface area contributed by atoms with Crippen LogP contribution in [0.15, 0.2) is 48.8 Å². The predicted octanol–water partition coefficient (Wildman–Crippen LogP) is 3.72. The van der Waals surface area contributed by atoms with Crippen LogP contribution in [-0.4, -0.2) is 79.3 Å². The van der Waals surface area contributed by atoms with E-state index in [2.05, 4.69) is 39.6 Å². The molecule has 2 aromatic heterocycles. The molecule has 0 saturated carbocycles. The van der Waals surface area contributed by atoms with E-state index in [0.717, 1.165) is 43.8 Å². The molecule has 0 unspecified atom stereocenters. The molecular formula is C29H33F2N7OS. The number of hydrogen-bond acceptors (Lipinski definition) is 7. The molecule has 8 nitrogen and oxygen atoms in total. The lowest BCUT2D eigenvalue weighted by Crippen LogP contribution is -2.43. The lowest BCUT2D eigenvalue weighted by atomic mass is 10.1. The van der Waals surface area contributed by atoms with Crippen LogP contribution in [0.5, 0.6) is 0 Å². The molecule has 2 N–H and O–H groups in total. The molecular weight excluding hydrogens is 532 g/mol. The number of nitrogens with one attached hydrogen (secondary N) is 2. The third kappa shape index (κ3) is 5.92. The molecule has 0 aliphatic carbocycles. The number of rotatable bonds is 7. The van der Waals surface area contributed by atoms with Crippen molar-refractivity contribution in [2.75, 3.05) is 56.1 Å². The topological polar surface area (TPSA) is 78.3 Å². The maximum atomic E-state index is 15.1. The molecule has 0 radical (unpaired) electrons. The van der Waals surface area contributed by atoms with E-state index in [0.29, 0.717) is 41.9 Å². The summed E-state index contributed by atoms with van der Waals surface area (Å²) in [6.07, 6.45) is 3.45. The number of nitrogens with zero attached hydrogens (tertiary/aromatic N) is 5. The normalized spacial score (nSPS) is 17.5. The zero-order valence-electron chi connectivity index (χ0n) is 22.5. The van der Waals surface area contributed by atoms with E-state index in [-0.39, 0.29) is 12.1 Å². The molecule has 2 fully saturated rings. The molecule has 4 aromatic rings. The fourth-order valence-corrected chi connectivity index (χ4v) is 6.41. The average molecular weight is 566 g/mol. The Kier molecular flexibility index (Phi) is 7.88. The van der Waals surface area contributed by atoms with E-state index >= 15 is 8.78 Å². The van der Waals surface area contributed by atoms with Crippen molar-refractivity contribution in [3.63, 3.8) is 0 Å². The van der Waals surface area contributed by atoms with Gasteiger partial charge < -0.3 is 15.2 Å². The first-order valence-corrected chi connectivity index (χ1v) is 15.1. The zero-order chi connectivity index (χ0) is 27.6. The lowest BCUT2D eigenvalue weighted by Gasteiger charge is -2.28. The van der Waals surface area contributed by atoms with Crippen molar-refractivity contribution in [1.82, 2.24) is 29.7 Å². The Hall–Kier alpha value is -3.25. The summed E-state index contributed by atoms with van der Waals surface area (Å²) in [4.78, 5) is 13.5. The molecule has 4 heterocycles. The Balaban J connectivity index is 1.23. The van der Waals surface area contributed by atoms with Crippen LogP contribution in [-0.2, 0) is 23.9 Å². The second-order valence-electron chi connectivity index (χ2n) is 10.5. The minimum absolute atomic E-state index is 0.0286. The number of aromatic nitrogens is 3. The van der Waals surface area contributed by atoms with E-state index in [9.17, 15) is 4.21 Å². The SMILES string of the molecule is Cc1ccc(Nc2ncc3ccn(-c4cc(F)c(CN5CCS(=O)CC5)c(F)c4)c3n2)cc1CN1CCNCC1. The number of benzene rings is 2. The van der Waals surface area contributed by atoms with Gasteiger partial charge in [0.1, 0.15) is 17.3 Å². The second-order valence-corrected chi connectivity index (χ2v) is 12.2. The fraction of sp³-hybridized carbons (Fsp3) is 0.379. The number of halogens is 2. The van der Waals surface area contributed by atoms with Crippen LogP contribution in [0.4, 0.5) is 20.4 Å². The Labute approximate surface area is 234 Å². The van der Waals surface area contributed by atoms with Gasteiger partial charge in [0, 0.05) is 104 Å². The van der Waals surface area contributed by atoms with E-state index in [1.165, 1.54) is 23.3 Å². The summed E-state index contributed by atoms with van der Waals surface area (Å²) in [6.45, 7) is 8.36. The van der Waals surface area contributed by atoms with Gasteiger partial charge in [-0.2, -0.15) is 4.98 Å². The van der Waals surface area contributed by atoms with E-state index in [1.807, 2.05) is 17.0 Å². The molecule has 2 aliphatic rings. The summed E-state index contributed by atoms with van der Waals surface area (Å²) in [5.74, 6) is 0.268. The van der Waals surface area contributed by atoms with Crippen LogP contribution < -0.4 is 10.6 Å². The maximum Gasteiger partial charge on any atom is 0.229 e. The predicted molar refractivity (Wildman–Crippen MR) is 155 cm³/mol. The van der Waals surface area contributed by atoms with Crippen molar-refractivity contribution < 1.29 is 13.0 Å². The first kappa shape index (κ1) is 26.9. The van der Waals surface area contributed by atoms with Gasteiger partial charge >= 0.3 is 0 Å². The Bertz CT molecular complexity index is 1520. The van der Waals surface area contributed by atoms with Gasteiger partial charge in [-0.05, 0) is 48.4 Å². The van der Waals surface area contributed by atoms with Crippen molar-refractivity contribution in [2.24, 2.45) is 0 Å². The first-order valence-electron chi connectivity index (χ1n) is 13.6. The number of anilines is 2. The quantitative estimate of drug-likeness (QED) is 0.354. The molecule has 6 rings (SSSR count). The minimum atomic E-state index is -0.840. The smallest absolute Gasteiger partial charge is 0.229 e. The summed E-state index contributed by atoms with van der Waals surface area (Å²) < 4.78 is 43.6. The van der Waals surface area contributed by atoms with Crippen molar-refractivity contribution in [1.29, 1.82) is 0 Å². The van der Waals surface area contributed by atoms with E-state index in [1.54, 1.807) is 17.0 Å². The molecule has 0 bridgehead atoms. The number of piperazine rings is 1. The van der Waals surface area contributed by atoms with Gasteiger partial charge in [-0.3, -0.25) is 14.0 Å². The molecule has 2 aromatic carbocycles. The third-order valence-electron chi connectivity index (χ3n) is 7.69. The van der Waals surface area contributed by atoms with Crippen LogP contribution in [0.25, 0.3) is 16.7 Å². The molecule has 0 spiro atoms. The van der Waals surface area contributed by atoms with Crippen molar-refractivity contribution in [3.8, 4) is 5.69 Å². The van der Waals surface area contributed by atoms with E-state index < -0.39 is 22.4 Å². The molecule has 0 amide bonds. The van der Waals surface area contributed by atoms with Gasteiger partial charge in [-0.1, -0.05) is 6.07 Å². The van der Waals surface area contributed by atoms with Gasteiger partial charge in [0.25, 0.3) is 0 Å². The highest BCUT2D eigenvalue weighted by Gasteiger charge is 2.20. The van der Waals surface area contributed by atoms with Crippen LogP contribution in [0, 0.1) is 18.6 Å². The van der Waals surface area contributed by atoms with Crippen LogP contribution >= 0.6 is 0 Å². The highest BCUT2D eigenvalue weighted by atomic mass is 32.2. The molecule has 2 saturated heterocycles. The number of aryl methyl sites for hydroxylation is 1. The monoisotopic (exact) mass is 565 g/mol. The minimum Gasteiger partial charge on any atom is -0.324 e. The van der Waals surface area contributed by atoms with Gasteiger partial charge in [-0.25, -0.2) is 13.8 Å².